The normalized spacial score (nSPS) is 26.3. The van der Waals surface area contributed by atoms with Crippen LogP contribution in [-0.4, -0.2) is 30.1 Å². The first-order valence-corrected chi connectivity index (χ1v) is 10.9. The number of amides is 1. The first kappa shape index (κ1) is 20.6. The highest BCUT2D eigenvalue weighted by atomic mass is 32.1. The summed E-state index contributed by atoms with van der Waals surface area (Å²) in [6.07, 6.45) is 1.05. The van der Waals surface area contributed by atoms with Crippen LogP contribution in [0.3, 0.4) is 0 Å². The summed E-state index contributed by atoms with van der Waals surface area (Å²) in [4.78, 5) is 38.7. The second-order valence-electron chi connectivity index (χ2n) is 8.57. The molecule has 1 saturated heterocycles. The number of hydrogen-bond acceptors (Lipinski definition) is 6. The van der Waals surface area contributed by atoms with Gasteiger partial charge in [0.2, 0.25) is 0 Å². The van der Waals surface area contributed by atoms with Gasteiger partial charge in [-0.2, -0.15) is 0 Å². The molecule has 1 aromatic carbocycles. The van der Waals surface area contributed by atoms with Gasteiger partial charge in [-0.05, 0) is 32.3 Å². The van der Waals surface area contributed by atoms with E-state index in [0.717, 1.165) is 5.56 Å². The third-order valence-electron chi connectivity index (χ3n) is 7.03. The second-order valence-corrected chi connectivity index (χ2v) is 9.45. The maximum atomic E-state index is 13.4. The lowest BCUT2D eigenvalue weighted by molar-refractivity contribution is -0.165. The highest BCUT2D eigenvalue weighted by molar-refractivity contribution is 7.15. The van der Waals surface area contributed by atoms with Crippen molar-refractivity contribution < 1.29 is 23.9 Å². The van der Waals surface area contributed by atoms with Gasteiger partial charge in [-0.25, -0.2) is 4.79 Å². The number of carbonyl (C=O) groups excluding carboxylic acids is 3. The van der Waals surface area contributed by atoms with E-state index in [-0.39, 0.29) is 12.6 Å². The predicted octanol–water partition coefficient (Wildman–Crippen LogP) is 4.65. The van der Waals surface area contributed by atoms with Crippen molar-refractivity contribution in [2.75, 3.05) is 11.9 Å². The number of ether oxygens (including phenoxy) is 2. The van der Waals surface area contributed by atoms with Crippen molar-refractivity contribution in [2.45, 2.75) is 46.1 Å². The van der Waals surface area contributed by atoms with Crippen molar-refractivity contribution >= 4 is 34.2 Å². The Balaban J connectivity index is 1.72. The Morgan fingerprint density at radius 1 is 1.17 bits per heavy atom. The fourth-order valence-electron chi connectivity index (χ4n) is 4.64. The molecule has 2 aliphatic rings. The molecule has 1 aliphatic carbocycles. The summed E-state index contributed by atoms with van der Waals surface area (Å²) in [6.45, 7) is 7.63. The van der Waals surface area contributed by atoms with Crippen molar-refractivity contribution in [3.05, 3.63) is 41.3 Å². The molecule has 1 saturated carbocycles. The van der Waals surface area contributed by atoms with Crippen LogP contribution in [-0.2, 0) is 19.1 Å². The molecule has 2 atom stereocenters. The molecule has 30 heavy (non-hydrogen) atoms. The van der Waals surface area contributed by atoms with Gasteiger partial charge in [0, 0.05) is 16.4 Å². The number of fused-ring (bicyclic) bond motifs is 2. The van der Waals surface area contributed by atoms with Crippen LogP contribution in [0.5, 0.6) is 0 Å². The molecule has 1 N–H and O–H groups in total. The number of thiophene rings is 1. The van der Waals surface area contributed by atoms with Crippen LogP contribution in [0.15, 0.2) is 35.7 Å². The van der Waals surface area contributed by atoms with Crippen LogP contribution in [0, 0.1) is 10.8 Å². The molecule has 0 radical (unpaired) electrons. The first-order chi connectivity index (χ1) is 14.2. The molecule has 158 valence electrons. The van der Waals surface area contributed by atoms with E-state index >= 15 is 0 Å². The molecule has 2 aromatic rings. The zero-order chi connectivity index (χ0) is 21.7. The van der Waals surface area contributed by atoms with E-state index in [0.29, 0.717) is 29.0 Å². The number of nitrogens with one attached hydrogen (secondary N) is 1. The summed E-state index contributed by atoms with van der Waals surface area (Å²) in [5, 5.41) is 5.13. The van der Waals surface area contributed by atoms with Gasteiger partial charge in [0.15, 0.2) is 5.60 Å². The molecular weight excluding hydrogens is 402 g/mol. The van der Waals surface area contributed by atoms with Crippen LogP contribution < -0.4 is 5.32 Å². The number of carbonyl (C=O) groups is 3. The second kappa shape index (κ2) is 6.94. The molecule has 2 bridgehead atoms. The Morgan fingerprint density at radius 3 is 2.43 bits per heavy atom. The van der Waals surface area contributed by atoms with E-state index in [1.54, 1.807) is 6.92 Å². The average molecular weight is 428 g/mol. The van der Waals surface area contributed by atoms with Crippen LogP contribution in [0.4, 0.5) is 5.00 Å². The van der Waals surface area contributed by atoms with Crippen LogP contribution in [0.2, 0.25) is 0 Å². The Bertz CT molecular complexity index is 1030. The van der Waals surface area contributed by atoms with E-state index in [4.69, 9.17) is 9.47 Å². The summed E-state index contributed by atoms with van der Waals surface area (Å²) in [7, 11) is 0. The van der Waals surface area contributed by atoms with Crippen molar-refractivity contribution in [3.8, 4) is 11.1 Å². The zero-order valence-corrected chi connectivity index (χ0v) is 18.4. The number of anilines is 1. The third kappa shape index (κ3) is 2.64. The molecule has 1 aliphatic heterocycles. The summed E-state index contributed by atoms with van der Waals surface area (Å²) in [5.74, 6) is -1.23. The summed E-state index contributed by atoms with van der Waals surface area (Å²) < 4.78 is 10.9. The van der Waals surface area contributed by atoms with Crippen molar-refractivity contribution in [1.82, 2.24) is 0 Å². The van der Waals surface area contributed by atoms with Crippen LogP contribution >= 0.6 is 11.3 Å². The minimum atomic E-state index is -1.25. The minimum absolute atomic E-state index is 0.225. The lowest BCUT2D eigenvalue weighted by atomic mass is 9.66. The van der Waals surface area contributed by atoms with Crippen molar-refractivity contribution in [1.29, 1.82) is 0 Å². The summed E-state index contributed by atoms with van der Waals surface area (Å²) in [5.41, 5.74) is -0.728. The first-order valence-electron chi connectivity index (χ1n) is 10.1. The Hall–Kier alpha value is -2.67. The highest BCUT2D eigenvalue weighted by Gasteiger charge is 2.75. The lowest BCUT2D eigenvalue weighted by Gasteiger charge is -2.35. The van der Waals surface area contributed by atoms with Gasteiger partial charge >= 0.3 is 11.9 Å². The molecule has 6 nitrogen and oxygen atoms in total. The van der Waals surface area contributed by atoms with Crippen LogP contribution in [0.1, 0.15) is 50.9 Å². The smallest absolute Gasteiger partial charge is 0.341 e. The summed E-state index contributed by atoms with van der Waals surface area (Å²) in [6, 6.07) is 9.48. The van der Waals surface area contributed by atoms with E-state index in [1.165, 1.54) is 11.3 Å². The average Bonchev–Trinajstić information content (AvgIpc) is 3.26. The molecule has 0 unspecified atom stereocenters. The molecule has 1 aromatic heterocycles. The van der Waals surface area contributed by atoms with E-state index in [1.807, 2.05) is 56.5 Å². The number of rotatable bonds is 5. The van der Waals surface area contributed by atoms with E-state index in [2.05, 4.69) is 5.32 Å². The standard InChI is InChI=1S/C23H25NO5S/c1-5-28-18(25)16-15(14-9-7-6-8-10-14)13-30-17(16)24-19(26)23-12-11-22(4,20(27)29-23)21(23,2)3/h6-10,13H,5,11-12H2,1-4H3,(H,24,26)/t22-,23+/m0/s1. The Morgan fingerprint density at radius 2 is 1.87 bits per heavy atom. The third-order valence-corrected chi connectivity index (χ3v) is 7.93. The van der Waals surface area contributed by atoms with Gasteiger partial charge in [-0.15, -0.1) is 11.3 Å². The van der Waals surface area contributed by atoms with Gasteiger partial charge < -0.3 is 14.8 Å². The van der Waals surface area contributed by atoms with Gasteiger partial charge in [0.25, 0.3) is 5.91 Å². The topological polar surface area (TPSA) is 81.7 Å². The molecule has 2 fully saturated rings. The van der Waals surface area contributed by atoms with Gasteiger partial charge in [0.1, 0.15) is 10.6 Å². The highest BCUT2D eigenvalue weighted by Crippen LogP contribution is 2.65. The van der Waals surface area contributed by atoms with Gasteiger partial charge in [-0.3, -0.25) is 9.59 Å². The summed E-state index contributed by atoms with van der Waals surface area (Å²) >= 11 is 1.26. The SMILES string of the molecule is CCOC(=O)c1c(-c2ccccc2)csc1NC(=O)[C@@]12CC[C@@](C)(C(=O)O1)C2(C)C. The Labute approximate surface area is 179 Å². The molecule has 7 heteroatoms. The molecule has 2 heterocycles. The van der Waals surface area contributed by atoms with E-state index in [9.17, 15) is 14.4 Å². The maximum absolute atomic E-state index is 13.4. The fourth-order valence-corrected chi connectivity index (χ4v) is 5.59. The zero-order valence-electron chi connectivity index (χ0n) is 17.5. The minimum Gasteiger partial charge on any atom is -0.462 e. The molecule has 4 rings (SSSR count). The fraction of sp³-hybridized carbons (Fsp3) is 0.435. The van der Waals surface area contributed by atoms with Gasteiger partial charge in [-0.1, -0.05) is 44.2 Å². The van der Waals surface area contributed by atoms with Gasteiger partial charge in [0.05, 0.1) is 12.0 Å². The molecule has 1 amide bonds. The molecular formula is C23H25NO5S. The monoisotopic (exact) mass is 427 g/mol. The number of benzene rings is 1. The molecule has 0 spiro atoms. The lowest BCUT2D eigenvalue weighted by Crippen LogP contribution is -2.50. The maximum Gasteiger partial charge on any atom is 0.341 e. The number of hydrogen-bond donors (Lipinski definition) is 1. The van der Waals surface area contributed by atoms with Crippen molar-refractivity contribution in [3.63, 3.8) is 0 Å². The largest absolute Gasteiger partial charge is 0.462 e. The predicted molar refractivity (Wildman–Crippen MR) is 114 cm³/mol. The van der Waals surface area contributed by atoms with Crippen molar-refractivity contribution in [2.24, 2.45) is 10.8 Å². The quantitative estimate of drug-likeness (QED) is 0.703. The van der Waals surface area contributed by atoms with Crippen LogP contribution in [0.25, 0.3) is 11.1 Å². The number of esters is 2. The Kier molecular flexibility index (Phi) is 4.77. The van der Waals surface area contributed by atoms with E-state index < -0.39 is 28.3 Å².